The zero-order valence-electron chi connectivity index (χ0n) is 18.5. The third-order valence-corrected chi connectivity index (χ3v) is 6.36. The van der Waals surface area contributed by atoms with E-state index in [0.717, 1.165) is 23.5 Å². The summed E-state index contributed by atoms with van der Waals surface area (Å²) >= 11 is 0. The molecule has 3 heterocycles. The minimum Gasteiger partial charge on any atom is -0.711 e. The lowest BCUT2D eigenvalue weighted by Gasteiger charge is -2.29. The van der Waals surface area contributed by atoms with Gasteiger partial charge in [-0.05, 0) is 17.7 Å². The van der Waals surface area contributed by atoms with Crippen molar-refractivity contribution in [1.82, 2.24) is 20.1 Å². The number of benzene rings is 1. The molecule has 11 heteroatoms. The van der Waals surface area contributed by atoms with E-state index in [1.165, 1.54) is 12.1 Å². The van der Waals surface area contributed by atoms with Crippen molar-refractivity contribution in [2.24, 2.45) is 5.92 Å². The second-order valence-electron chi connectivity index (χ2n) is 8.28. The molecule has 1 aromatic heterocycles. The Morgan fingerprint density at radius 2 is 1.70 bits per heavy atom. The average molecular weight is 457 g/mol. The maximum atomic E-state index is 13.3. The molecule has 176 valence electrons. The molecule has 0 radical (unpaired) electrons. The molecule has 0 saturated carbocycles. The molecule has 11 nitrogen and oxygen atoms in total. The van der Waals surface area contributed by atoms with Gasteiger partial charge in [-0.15, -0.1) is 0 Å². The van der Waals surface area contributed by atoms with Crippen LogP contribution in [0.3, 0.4) is 0 Å². The average Bonchev–Trinajstić information content (AvgIpc) is 2.99. The third kappa shape index (κ3) is 4.41. The number of morpholine rings is 1. The van der Waals surface area contributed by atoms with Crippen LogP contribution in [0.15, 0.2) is 24.3 Å². The summed E-state index contributed by atoms with van der Waals surface area (Å²) in [5.41, 5.74) is 1.68. The Hall–Kier alpha value is -3.44. The third-order valence-electron chi connectivity index (χ3n) is 6.36. The van der Waals surface area contributed by atoms with E-state index in [2.05, 4.69) is 15.5 Å². The summed E-state index contributed by atoms with van der Waals surface area (Å²) in [4.78, 5) is 39.5. The molecule has 2 aromatic rings. The molecule has 4 amide bonds. The van der Waals surface area contributed by atoms with E-state index < -0.39 is 29.7 Å². The van der Waals surface area contributed by atoms with E-state index in [1.54, 1.807) is 19.1 Å². The lowest BCUT2D eigenvalue weighted by molar-refractivity contribution is -0.621. The molecule has 1 aromatic carbocycles. The summed E-state index contributed by atoms with van der Waals surface area (Å²) in [5.74, 6) is -3.64. The fourth-order valence-electron chi connectivity index (χ4n) is 4.44. The van der Waals surface area contributed by atoms with Crippen LogP contribution in [0.2, 0.25) is 0 Å². The number of phenols is 1. The van der Waals surface area contributed by atoms with Crippen LogP contribution in [0.25, 0.3) is 0 Å². The number of barbiturate groups is 1. The van der Waals surface area contributed by atoms with Crippen molar-refractivity contribution in [2.75, 3.05) is 32.8 Å². The van der Waals surface area contributed by atoms with E-state index in [1.807, 2.05) is 11.5 Å². The van der Waals surface area contributed by atoms with Gasteiger partial charge >= 0.3 is 6.03 Å². The minimum absolute atomic E-state index is 0.00952. The van der Waals surface area contributed by atoms with Gasteiger partial charge in [-0.2, -0.15) is 0 Å². The summed E-state index contributed by atoms with van der Waals surface area (Å²) in [6.45, 7) is 7.50. The first-order valence-electron chi connectivity index (χ1n) is 10.8. The number of hydrogen-bond donors (Lipinski definition) is 3. The van der Waals surface area contributed by atoms with Gasteiger partial charge in [0.05, 0.1) is 13.2 Å². The molecule has 2 saturated heterocycles. The topological polar surface area (TPSA) is 140 Å². The van der Waals surface area contributed by atoms with Gasteiger partial charge in [-0.1, -0.05) is 12.1 Å². The zero-order valence-corrected chi connectivity index (χ0v) is 18.5. The number of aromatic hydroxyl groups is 1. The Kier molecular flexibility index (Phi) is 6.34. The van der Waals surface area contributed by atoms with Crippen molar-refractivity contribution in [1.29, 1.82) is 0 Å². The van der Waals surface area contributed by atoms with Crippen molar-refractivity contribution in [2.45, 2.75) is 26.3 Å². The lowest BCUT2D eigenvalue weighted by Crippen LogP contribution is -2.58. The van der Waals surface area contributed by atoms with Crippen molar-refractivity contribution in [3.8, 4) is 5.75 Å². The predicted octanol–water partition coefficient (Wildman–Crippen LogP) is -0.110. The Balaban J connectivity index is 1.80. The number of imide groups is 2. The van der Waals surface area contributed by atoms with Gasteiger partial charge < -0.3 is 15.1 Å². The van der Waals surface area contributed by atoms with Gasteiger partial charge in [0, 0.05) is 33.5 Å². The zero-order chi connectivity index (χ0) is 23.7. The van der Waals surface area contributed by atoms with Crippen molar-refractivity contribution >= 4 is 17.8 Å². The van der Waals surface area contributed by atoms with Gasteiger partial charge in [0.25, 0.3) is 5.82 Å². The van der Waals surface area contributed by atoms with Gasteiger partial charge in [0.1, 0.15) is 35.5 Å². The Bertz CT molecular complexity index is 1050. The monoisotopic (exact) mass is 457 g/mol. The second kappa shape index (κ2) is 9.20. The van der Waals surface area contributed by atoms with Crippen LogP contribution in [0, 0.1) is 25.0 Å². The Morgan fingerprint density at radius 1 is 1.09 bits per heavy atom. The molecule has 1 atom stereocenters. The first kappa shape index (κ1) is 22.7. The number of urea groups is 1. The summed E-state index contributed by atoms with van der Waals surface area (Å²) < 4.78 is 7.99. The maximum Gasteiger partial charge on any atom is 0.328 e. The number of aromatic nitrogens is 2. The number of ether oxygens (including phenoxy) is 1. The summed E-state index contributed by atoms with van der Waals surface area (Å²) in [6, 6.07) is 5.11. The highest BCUT2D eigenvalue weighted by molar-refractivity contribution is 6.16. The molecule has 2 aliphatic heterocycles. The molecule has 2 fully saturated rings. The molecule has 0 unspecified atom stereocenters. The van der Waals surface area contributed by atoms with Gasteiger partial charge in [0.2, 0.25) is 11.8 Å². The summed E-state index contributed by atoms with van der Waals surface area (Å²) in [6.07, 6.45) is 0. The van der Waals surface area contributed by atoms with Crippen LogP contribution < -0.4 is 15.4 Å². The number of imidazole rings is 1. The van der Waals surface area contributed by atoms with E-state index in [-0.39, 0.29) is 11.6 Å². The van der Waals surface area contributed by atoms with Crippen molar-refractivity contribution in [3.63, 3.8) is 0 Å². The molecule has 33 heavy (non-hydrogen) atoms. The number of carbonyl (C=O) groups is 3. The number of rotatable bonds is 6. The summed E-state index contributed by atoms with van der Waals surface area (Å²) in [5, 5.41) is 27.4. The minimum atomic E-state index is -1.34. The van der Waals surface area contributed by atoms with Crippen LogP contribution in [0.4, 0.5) is 4.79 Å². The molecule has 0 aliphatic carbocycles. The van der Waals surface area contributed by atoms with Crippen molar-refractivity contribution in [3.05, 3.63) is 52.2 Å². The largest absolute Gasteiger partial charge is 0.711 e. The van der Waals surface area contributed by atoms with Crippen LogP contribution in [0.1, 0.15) is 28.7 Å². The highest BCUT2D eigenvalue weighted by Crippen LogP contribution is 2.34. The number of amides is 4. The second-order valence-corrected chi connectivity index (χ2v) is 8.28. The highest BCUT2D eigenvalue weighted by Gasteiger charge is 2.47. The molecule has 0 spiro atoms. The number of nitrogens with zero attached hydrogens (tertiary/aromatic N) is 3. The van der Waals surface area contributed by atoms with Gasteiger partial charge in [-0.25, -0.2) is 14.1 Å². The first-order chi connectivity index (χ1) is 15.8. The van der Waals surface area contributed by atoms with Crippen LogP contribution in [-0.2, 0) is 20.9 Å². The smallest absolute Gasteiger partial charge is 0.328 e. The Morgan fingerprint density at radius 3 is 2.30 bits per heavy atom. The van der Waals surface area contributed by atoms with Crippen molar-refractivity contribution < 1.29 is 29.0 Å². The van der Waals surface area contributed by atoms with E-state index in [0.29, 0.717) is 37.6 Å². The van der Waals surface area contributed by atoms with Crippen LogP contribution in [-0.4, -0.2) is 65.3 Å². The van der Waals surface area contributed by atoms with Gasteiger partial charge in [-0.3, -0.25) is 25.1 Å². The summed E-state index contributed by atoms with van der Waals surface area (Å²) in [7, 11) is 0. The first-order valence-corrected chi connectivity index (χ1v) is 10.8. The number of hydrogen-bond acceptors (Lipinski definition) is 7. The molecule has 2 aliphatic rings. The number of carbonyl (C=O) groups excluding carboxylic acids is 3. The van der Waals surface area contributed by atoms with Crippen LogP contribution >= 0.6 is 0 Å². The predicted molar refractivity (Wildman–Crippen MR) is 115 cm³/mol. The number of phenolic OH excluding ortho intramolecular Hbond substituents is 1. The van der Waals surface area contributed by atoms with Crippen LogP contribution in [0.5, 0.6) is 5.75 Å². The van der Waals surface area contributed by atoms with E-state index >= 15 is 0 Å². The lowest BCUT2D eigenvalue weighted by atomic mass is 9.83. The fourth-order valence-corrected chi connectivity index (χ4v) is 4.44. The molecule has 0 bridgehead atoms. The quantitative estimate of drug-likeness (QED) is 0.312. The van der Waals surface area contributed by atoms with E-state index in [4.69, 9.17) is 4.74 Å². The maximum absolute atomic E-state index is 13.3. The van der Waals surface area contributed by atoms with E-state index in [9.17, 15) is 24.7 Å². The molecule has 4 rings (SSSR count). The fraction of sp³-hybridized carbons (Fsp3) is 0.455. The molecule has 3 N–H and O–H groups in total. The Labute approximate surface area is 190 Å². The standard InChI is InChI=1S/C22H27N5O6/c1-13-14(2)27(32)21(26(13)8-7-25-9-11-33-12-10-25)17(15-3-5-16(28)6-4-15)18-19(29)23-22(31)24-20(18)30/h3-6,17-18,28H,7-12H2,1-2H3,(H2,23,24,29,30,31)/t17-/m0/s1. The number of nitrogens with one attached hydrogen (secondary N) is 2. The SMILES string of the molecule is Cc1c(C)[n+]([O-])c([C@@H](c2ccc(O)cc2)C2C(=O)NC(=O)NC2=O)n1CCN1CCOCC1. The molecular weight excluding hydrogens is 430 g/mol. The normalized spacial score (nSPS) is 18.8. The molecular formula is C22H27N5O6. The highest BCUT2D eigenvalue weighted by atomic mass is 16.5. The van der Waals surface area contributed by atoms with Gasteiger partial charge in [0.15, 0.2) is 0 Å².